The average Bonchev–Trinajstić information content (AvgIpc) is 2.03. The number of carboxylic acid groups (broad SMARTS) is 1. The summed E-state index contributed by atoms with van der Waals surface area (Å²) in [6.45, 7) is 3.31. The maximum Gasteiger partial charge on any atom is 0.335 e. The van der Waals surface area contributed by atoms with Crippen LogP contribution in [0.2, 0.25) is 0 Å². The van der Waals surface area contributed by atoms with Crippen molar-refractivity contribution in [2.24, 2.45) is 0 Å². The minimum absolute atomic E-state index is 0.220. The lowest BCUT2D eigenvalue weighted by atomic mass is 10.2. The predicted molar refractivity (Wildman–Crippen MR) is 52.5 cm³/mol. The van der Waals surface area contributed by atoms with E-state index in [4.69, 9.17) is 5.11 Å². The maximum atomic E-state index is 11.5. The summed E-state index contributed by atoms with van der Waals surface area (Å²) in [6.07, 6.45) is 0. The SMILES string of the molecule is CP(C)(=O)c1ccc(C(=O)O)cc1. The molecule has 0 fully saturated rings. The van der Waals surface area contributed by atoms with Gasteiger partial charge < -0.3 is 9.67 Å². The molecule has 1 aromatic carbocycles. The van der Waals surface area contributed by atoms with Crippen molar-refractivity contribution in [3.05, 3.63) is 29.8 Å². The van der Waals surface area contributed by atoms with Gasteiger partial charge in [0.1, 0.15) is 7.14 Å². The zero-order valence-electron chi connectivity index (χ0n) is 7.52. The first-order valence-electron chi connectivity index (χ1n) is 3.80. The molecule has 0 amide bonds. The van der Waals surface area contributed by atoms with Crippen molar-refractivity contribution >= 4 is 18.4 Å². The molecule has 0 bridgehead atoms. The van der Waals surface area contributed by atoms with Crippen molar-refractivity contribution in [3.8, 4) is 0 Å². The third-order valence-electron chi connectivity index (χ3n) is 1.74. The molecule has 70 valence electrons. The lowest BCUT2D eigenvalue weighted by Gasteiger charge is -2.05. The van der Waals surface area contributed by atoms with Gasteiger partial charge in [0, 0.05) is 5.30 Å². The Morgan fingerprint density at radius 1 is 1.23 bits per heavy atom. The molecule has 4 heteroatoms. The zero-order chi connectivity index (χ0) is 10.1. The molecular formula is C9H11O3P. The highest BCUT2D eigenvalue weighted by Gasteiger charge is 2.11. The zero-order valence-corrected chi connectivity index (χ0v) is 8.41. The third-order valence-corrected chi connectivity index (χ3v) is 3.28. The van der Waals surface area contributed by atoms with Crippen LogP contribution in [0.3, 0.4) is 0 Å². The van der Waals surface area contributed by atoms with Gasteiger partial charge in [-0.05, 0) is 25.5 Å². The molecular weight excluding hydrogens is 187 g/mol. The smallest absolute Gasteiger partial charge is 0.335 e. The molecule has 1 N–H and O–H groups in total. The van der Waals surface area contributed by atoms with Gasteiger partial charge in [0.2, 0.25) is 0 Å². The molecule has 0 unspecified atom stereocenters. The van der Waals surface area contributed by atoms with Gasteiger partial charge in [-0.25, -0.2) is 4.79 Å². The summed E-state index contributed by atoms with van der Waals surface area (Å²) in [5, 5.41) is 9.32. The van der Waals surface area contributed by atoms with Crippen LogP contribution in [0.1, 0.15) is 10.4 Å². The number of hydrogen-bond donors (Lipinski definition) is 1. The van der Waals surface area contributed by atoms with Crippen LogP contribution in [0, 0.1) is 0 Å². The summed E-state index contributed by atoms with van der Waals surface area (Å²) in [5.41, 5.74) is 0.220. The summed E-state index contributed by atoms with van der Waals surface area (Å²) in [7, 11) is -2.26. The Balaban J connectivity index is 3.08. The molecule has 0 aliphatic heterocycles. The van der Waals surface area contributed by atoms with Crippen LogP contribution in [-0.4, -0.2) is 24.4 Å². The van der Waals surface area contributed by atoms with Crippen LogP contribution < -0.4 is 5.30 Å². The first-order valence-corrected chi connectivity index (χ1v) is 6.40. The van der Waals surface area contributed by atoms with E-state index in [1.165, 1.54) is 12.1 Å². The quantitative estimate of drug-likeness (QED) is 0.735. The number of carbonyl (C=O) groups is 1. The van der Waals surface area contributed by atoms with Crippen LogP contribution in [0.25, 0.3) is 0 Å². The van der Waals surface area contributed by atoms with Gasteiger partial charge >= 0.3 is 5.97 Å². The van der Waals surface area contributed by atoms with E-state index >= 15 is 0 Å². The van der Waals surface area contributed by atoms with Gasteiger partial charge in [0.05, 0.1) is 5.56 Å². The summed E-state index contributed by atoms with van der Waals surface area (Å²) in [6, 6.07) is 6.14. The minimum atomic E-state index is -2.26. The Morgan fingerprint density at radius 2 is 1.69 bits per heavy atom. The predicted octanol–water partition coefficient (Wildman–Crippen LogP) is 1.63. The van der Waals surface area contributed by atoms with Crippen molar-refractivity contribution in [1.29, 1.82) is 0 Å². The Morgan fingerprint density at radius 3 is 2.00 bits per heavy atom. The summed E-state index contributed by atoms with van der Waals surface area (Å²) in [5.74, 6) is -0.964. The molecule has 13 heavy (non-hydrogen) atoms. The van der Waals surface area contributed by atoms with Crippen molar-refractivity contribution < 1.29 is 14.5 Å². The van der Waals surface area contributed by atoms with Gasteiger partial charge in [-0.3, -0.25) is 0 Å². The molecule has 0 aromatic heterocycles. The number of hydrogen-bond acceptors (Lipinski definition) is 2. The highest BCUT2D eigenvalue weighted by molar-refractivity contribution is 7.70. The van der Waals surface area contributed by atoms with Gasteiger partial charge in [-0.15, -0.1) is 0 Å². The van der Waals surface area contributed by atoms with E-state index in [0.717, 1.165) is 0 Å². The fourth-order valence-corrected chi connectivity index (χ4v) is 1.83. The van der Waals surface area contributed by atoms with Gasteiger partial charge in [-0.2, -0.15) is 0 Å². The highest BCUT2D eigenvalue weighted by atomic mass is 31.2. The van der Waals surface area contributed by atoms with E-state index in [0.29, 0.717) is 5.30 Å². The van der Waals surface area contributed by atoms with Crippen molar-refractivity contribution in [3.63, 3.8) is 0 Å². The van der Waals surface area contributed by atoms with E-state index in [1.54, 1.807) is 25.5 Å². The third kappa shape index (κ3) is 2.43. The summed E-state index contributed by atoms with van der Waals surface area (Å²) >= 11 is 0. The van der Waals surface area contributed by atoms with E-state index in [-0.39, 0.29) is 5.56 Å². The number of benzene rings is 1. The topological polar surface area (TPSA) is 54.4 Å². The average molecular weight is 198 g/mol. The molecule has 0 radical (unpaired) electrons. The van der Waals surface area contributed by atoms with Crippen LogP contribution in [0.15, 0.2) is 24.3 Å². The minimum Gasteiger partial charge on any atom is -0.478 e. The van der Waals surface area contributed by atoms with Crippen LogP contribution in [0.4, 0.5) is 0 Å². The van der Waals surface area contributed by atoms with Crippen molar-refractivity contribution in [1.82, 2.24) is 0 Å². The first kappa shape index (κ1) is 10.0. The molecule has 0 saturated heterocycles. The van der Waals surface area contributed by atoms with Crippen molar-refractivity contribution in [2.75, 3.05) is 13.3 Å². The van der Waals surface area contributed by atoms with E-state index in [9.17, 15) is 9.36 Å². The first-order chi connectivity index (χ1) is 5.91. The fraction of sp³-hybridized carbons (Fsp3) is 0.222. The molecule has 1 aromatic rings. The molecule has 0 heterocycles. The van der Waals surface area contributed by atoms with Crippen LogP contribution >= 0.6 is 7.14 Å². The Bertz CT molecular complexity index is 361. The molecule has 0 saturated carbocycles. The molecule has 0 atom stereocenters. The van der Waals surface area contributed by atoms with Crippen molar-refractivity contribution in [2.45, 2.75) is 0 Å². The van der Waals surface area contributed by atoms with E-state index in [1.807, 2.05) is 0 Å². The van der Waals surface area contributed by atoms with E-state index in [2.05, 4.69) is 0 Å². The molecule has 0 aliphatic carbocycles. The van der Waals surface area contributed by atoms with Crippen LogP contribution in [-0.2, 0) is 4.57 Å². The number of carboxylic acids is 1. The second kappa shape index (κ2) is 3.35. The normalized spacial score (nSPS) is 11.2. The number of rotatable bonds is 2. The summed E-state index contributed by atoms with van der Waals surface area (Å²) in [4.78, 5) is 10.5. The Labute approximate surface area is 76.8 Å². The van der Waals surface area contributed by atoms with E-state index < -0.39 is 13.1 Å². The van der Waals surface area contributed by atoms with Gasteiger partial charge in [-0.1, -0.05) is 12.1 Å². The molecule has 1 rings (SSSR count). The summed E-state index contributed by atoms with van der Waals surface area (Å²) < 4.78 is 11.5. The fourth-order valence-electron chi connectivity index (χ4n) is 0.963. The number of aromatic carboxylic acids is 1. The maximum absolute atomic E-state index is 11.5. The standard InChI is InChI=1S/C9H11O3P/c1-13(2,12)8-5-3-7(4-6-8)9(10)11/h3-6H,1-2H3,(H,10,11). The second-order valence-electron chi connectivity index (χ2n) is 3.20. The molecule has 3 nitrogen and oxygen atoms in total. The molecule has 0 spiro atoms. The monoisotopic (exact) mass is 198 g/mol. The van der Waals surface area contributed by atoms with Crippen LogP contribution in [0.5, 0.6) is 0 Å². The lowest BCUT2D eigenvalue weighted by molar-refractivity contribution is 0.0697. The van der Waals surface area contributed by atoms with Gasteiger partial charge in [0.25, 0.3) is 0 Å². The largest absolute Gasteiger partial charge is 0.478 e. The second-order valence-corrected chi connectivity index (χ2v) is 6.42. The lowest BCUT2D eigenvalue weighted by Crippen LogP contribution is -2.04. The molecule has 0 aliphatic rings. The highest BCUT2D eigenvalue weighted by Crippen LogP contribution is 2.34. The Kier molecular flexibility index (Phi) is 2.58. The van der Waals surface area contributed by atoms with Gasteiger partial charge in [0.15, 0.2) is 0 Å². The Hall–Kier alpha value is -1.08.